The Bertz CT molecular complexity index is 452. The highest BCUT2D eigenvalue weighted by atomic mass is 79.9. The van der Waals surface area contributed by atoms with E-state index in [4.69, 9.17) is 10.00 Å². The first-order valence-corrected chi connectivity index (χ1v) is 7.21. The van der Waals surface area contributed by atoms with E-state index in [0.29, 0.717) is 6.61 Å². The first-order chi connectivity index (χ1) is 9.00. The average molecular weight is 325 g/mol. The summed E-state index contributed by atoms with van der Waals surface area (Å²) in [6, 6.07) is 8.39. The van der Waals surface area contributed by atoms with Gasteiger partial charge in [0.2, 0.25) is 0 Å². The molecule has 0 atom stereocenters. The van der Waals surface area contributed by atoms with Gasteiger partial charge in [0, 0.05) is 29.4 Å². The molecule has 1 aromatic rings. The molecule has 0 aliphatic rings. The molecule has 0 fully saturated rings. The van der Waals surface area contributed by atoms with E-state index in [1.54, 1.807) is 7.11 Å². The van der Waals surface area contributed by atoms with Gasteiger partial charge in [-0.1, -0.05) is 22.0 Å². The van der Waals surface area contributed by atoms with Crippen molar-refractivity contribution in [2.75, 3.05) is 19.0 Å². The zero-order valence-electron chi connectivity index (χ0n) is 11.8. The fourth-order valence-electron chi connectivity index (χ4n) is 1.82. The van der Waals surface area contributed by atoms with Crippen molar-refractivity contribution < 1.29 is 4.74 Å². The smallest absolute Gasteiger partial charge is 0.0744 e. The van der Waals surface area contributed by atoms with Gasteiger partial charge in [-0.25, -0.2) is 0 Å². The zero-order valence-corrected chi connectivity index (χ0v) is 13.4. The Morgan fingerprint density at radius 3 is 2.79 bits per heavy atom. The van der Waals surface area contributed by atoms with Crippen LogP contribution in [0.25, 0.3) is 0 Å². The first-order valence-electron chi connectivity index (χ1n) is 6.41. The maximum Gasteiger partial charge on any atom is 0.0744 e. The van der Waals surface area contributed by atoms with Crippen LogP contribution in [0.2, 0.25) is 0 Å². The van der Waals surface area contributed by atoms with E-state index in [9.17, 15) is 0 Å². The van der Waals surface area contributed by atoms with E-state index >= 15 is 0 Å². The second kappa shape index (κ2) is 7.52. The monoisotopic (exact) mass is 324 g/mol. The van der Waals surface area contributed by atoms with Crippen LogP contribution in [0.15, 0.2) is 22.7 Å². The Labute approximate surface area is 124 Å². The number of nitrogens with one attached hydrogen (secondary N) is 1. The van der Waals surface area contributed by atoms with Crippen LogP contribution < -0.4 is 5.32 Å². The minimum atomic E-state index is -0.242. The van der Waals surface area contributed by atoms with Gasteiger partial charge in [0.15, 0.2) is 0 Å². The number of halogens is 1. The second-order valence-corrected chi connectivity index (χ2v) is 6.08. The number of ether oxygens (including phenoxy) is 1. The maximum absolute atomic E-state index is 8.97. The molecule has 0 amide bonds. The van der Waals surface area contributed by atoms with Gasteiger partial charge in [0.25, 0.3) is 0 Å². The summed E-state index contributed by atoms with van der Waals surface area (Å²) in [5, 5.41) is 12.4. The molecule has 1 aromatic carbocycles. The molecule has 0 aromatic heterocycles. The van der Waals surface area contributed by atoms with Crippen molar-refractivity contribution in [2.45, 2.75) is 33.3 Å². The third-order valence-electron chi connectivity index (χ3n) is 3.00. The molecule has 0 spiro atoms. The lowest BCUT2D eigenvalue weighted by atomic mass is 9.90. The van der Waals surface area contributed by atoms with Crippen LogP contribution in [0.3, 0.4) is 0 Å². The summed E-state index contributed by atoms with van der Waals surface area (Å²) in [6.45, 7) is 5.39. The van der Waals surface area contributed by atoms with Crippen molar-refractivity contribution in [3.8, 4) is 6.07 Å². The van der Waals surface area contributed by atoms with E-state index in [1.165, 1.54) is 0 Å². The summed E-state index contributed by atoms with van der Waals surface area (Å²) < 4.78 is 6.27. The van der Waals surface area contributed by atoms with Crippen LogP contribution in [0.1, 0.15) is 32.3 Å². The molecule has 0 bridgehead atoms. The highest BCUT2D eigenvalue weighted by Crippen LogP contribution is 2.26. The van der Waals surface area contributed by atoms with Crippen molar-refractivity contribution in [1.29, 1.82) is 5.26 Å². The molecule has 1 rings (SSSR count). The van der Waals surface area contributed by atoms with Crippen LogP contribution >= 0.6 is 15.9 Å². The molecule has 0 radical (unpaired) electrons. The van der Waals surface area contributed by atoms with E-state index in [2.05, 4.69) is 33.4 Å². The highest BCUT2D eigenvalue weighted by Gasteiger charge is 2.15. The Hall–Kier alpha value is -1.05. The van der Waals surface area contributed by atoms with E-state index in [0.717, 1.165) is 35.1 Å². The van der Waals surface area contributed by atoms with Gasteiger partial charge in [-0.05, 0) is 38.8 Å². The fraction of sp³-hybridized carbons (Fsp3) is 0.533. The van der Waals surface area contributed by atoms with Crippen LogP contribution in [-0.4, -0.2) is 13.7 Å². The molecular formula is C15H21BrN2O. The minimum absolute atomic E-state index is 0.242. The van der Waals surface area contributed by atoms with Crippen LogP contribution in [0, 0.1) is 16.7 Å². The quantitative estimate of drug-likeness (QED) is 0.759. The predicted octanol–water partition coefficient (Wildman–Crippen LogP) is 4.34. The van der Waals surface area contributed by atoms with Gasteiger partial charge in [0.1, 0.15) is 0 Å². The molecule has 0 aliphatic carbocycles. The van der Waals surface area contributed by atoms with Crippen LogP contribution in [0.5, 0.6) is 0 Å². The standard InChI is InChI=1S/C15H21BrN2O/c1-15(2,11-17)8-5-9-18-14-7-4-6-13(16)12(14)10-19-3/h4,6-7,18H,5,8-10H2,1-3H3. The maximum atomic E-state index is 8.97. The molecular weight excluding hydrogens is 304 g/mol. The summed E-state index contributed by atoms with van der Waals surface area (Å²) in [5.41, 5.74) is 1.98. The van der Waals surface area contributed by atoms with Crippen LogP contribution in [0.4, 0.5) is 5.69 Å². The summed E-state index contributed by atoms with van der Waals surface area (Å²) >= 11 is 3.54. The first kappa shape index (κ1) is 16.0. The normalized spacial score (nSPS) is 11.1. The number of hydrogen-bond acceptors (Lipinski definition) is 3. The Kier molecular flexibility index (Phi) is 6.33. The third kappa shape index (κ3) is 5.22. The van der Waals surface area contributed by atoms with Crippen molar-refractivity contribution in [2.24, 2.45) is 5.41 Å². The number of benzene rings is 1. The lowest BCUT2D eigenvalue weighted by Gasteiger charge is -2.16. The Balaban J connectivity index is 2.54. The van der Waals surface area contributed by atoms with E-state index in [-0.39, 0.29) is 5.41 Å². The number of anilines is 1. The van der Waals surface area contributed by atoms with Crippen LogP contribution in [-0.2, 0) is 11.3 Å². The number of rotatable bonds is 7. The Morgan fingerprint density at radius 2 is 2.16 bits per heavy atom. The molecule has 4 heteroatoms. The van der Waals surface area contributed by atoms with Gasteiger partial charge >= 0.3 is 0 Å². The van der Waals surface area contributed by atoms with Gasteiger partial charge in [-0.2, -0.15) is 5.26 Å². The molecule has 0 aliphatic heterocycles. The number of nitriles is 1. The fourth-order valence-corrected chi connectivity index (χ4v) is 2.31. The van der Waals surface area contributed by atoms with Crippen molar-refractivity contribution in [1.82, 2.24) is 0 Å². The summed E-state index contributed by atoms with van der Waals surface area (Å²) in [5.74, 6) is 0. The predicted molar refractivity (Wildman–Crippen MR) is 82.0 cm³/mol. The summed E-state index contributed by atoms with van der Waals surface area (Å²) in [7, 11) is 1.69. The summed E-state index contributed by atoms with van der Waals surface area (Å²) in [4.78, 5) is 0. The molecule has 19 heavy (non-hydrogen) atoms. The topological polar surface area (TPSA) is 45.0 Å². The Morgan fingerprint density at radius 1 is 1.42 bits per heavy atom. The third-order valence-corrected chi connectivity index (χ3v) is 3.75. The molecule has 0 saturated carbocycles. The van der Waals surface area contributed by atoms with Crippen molar-refractivity contribution in [3.63, 3.8) is 0 Å². The number of hydrogen-bond donors (Lipinski definition) is 1. The molecule has 0 unspecified atom stereocenters. The van der Waals surface area contributed by atoms with Crippen molar-refractivity contribution >= 4 is 21.6 Å². The molecule has 1 N–H and O–H groups in total. The SMILES string of the molecule is COCc1c(Br)cccc1NCCCC(C)(C)C#N. The van der Waals surface area contributed by atoms with E-state index in [1.807, 2.05) is 26.0 Å². The van der Waals surface area contributed by atoms with Gasteiger partial charge < -0.3 is 10.1 Å². The lowest BCUT2D eigenvalue weighted by Crippen LogP contribution is -2.12. The molecule has 0 saturated heterocycles. The van der Waals surface area contributed by atoms with Gasteiger partial charge in [-0.15, -0.1) is 0 Å². The number of nitrogens with zero attached hydrogens (tertiary/aromatic N) is 1. The second-order valence-electron chi connectivity index (χ2n) is 5.22. The van der Waals surface area contributed by atoms with Gasteiger partial charge in [-0.3, -0.25) is 0 Å². The zero-order chi connectivity index (χ0) is 14.3. The molecule has 3 nitrogen and oxygen atoms in total. The van der Waals surface area contributed by atoms with E-state index < -0.39 is 0 Å². The highest BCUT2D eigenvalue weighted by molar-refractivity contribution is 9.10. The van der Waals surface area contributed by atoms with Crippen molar-refractivity contribution in [3.05, 3.63) is 28.2 Å². The lowest BCUT2D eigenvalue weighted by molar-refractivity contribution is 0.185. The molecule has 0 heterocycles. The summed E-state index contributed by atoms with van der Waals surface area (Å²) in [6.07, 6.45) is 1.86. The van der Waals surface area contributed by atoms with Gasteiger partial charge in [0.05, 0.1) is 18.1 Å². The number of methoxy groups -OCH3 is 1. The average Bonchev–Trinajstić information content (AvgIpc) is 2.38. The largest absolute Gasteiger partial charge is 0.385 e. The minimum Gasteiger partial charge on any atom is -0.385 e. The molecule has 104 valence electrons.